The molecule has 23 heavy (non-hydrogen) atoms. The lowest BCUT2D eigenvalue weighted by Crippen LogP contribution is -2.18. The number of rotatable bonds is 1. The second-order valence-electron chi connectivity index (χ2n) is 5.16. The monoisotopic (exact) mass is 345 g/mol. The lowest BCUT2D eigenvalue weighted by Gasteiger charge is -2.25. The van der Waals surface area contributed by atoms with Crippen LogP contribution in [0.2, 0.25) is 5.02 Å². The minimum absolute atomic E-state index is 0.387. The van der Waals surface area contributed by atoms with Gasteiger partial charge in [-0.05, 0) is 24.3 Å². The van der Waals surface area contributed by atoms with Crippen molar-refractivity contribution in [3.63, 3.8) is 0 Å². The summed E-state index contributed by atoms with van der Waals surface area (Å²) in [6, 6.07) is 11.3. The molecule has 0 bridgehead atoms. The average molecular weight is 346 g/mol. The molecule has 1 atom stereocenters. The number of fused-ring (bicyclic) bond motifs is 2. The zero-order valence-corrected chi connectivity index (χ0v) is 13.5. The molecule has 116 valence electrons. The Labute approximate surface area is 144 Å². The maximum absolute atomic E-state index is 6.17. The third-order valence-electron chi connectivity index (χ3n) is 3.69. The number of benzene rings is 2. The summed E-state index contributed by atoms with van der Waals surface area (Å²) in [5.74, 6) is 1.39. The van der Waals surface area contributed by atoms with Crippen molar-refractivity contribution in [3.05, 3.63) is 59.2 Å². The van der Waals surface area contributed by atoms with Crippen LogP contribution in [-0.4, -0.2) is 18.2 Å². The van der Waals surface area contributed by atoms with Gasteiger partial charge in [0.15, 0.2) is 18.1 Å². The molecule has 0 aromatic heterocycles. The Balaban J connectivity index is 1.86. The number of thiocarbonyl (C=S) groups is 1. The molecule has 0 spiro atoms. The molecule has 2 aliphatic rings. The van der Waals surface area contributed by atoms with Crippen LogP contribution in [0.3, 0.4) is 0 Å². The van der Waals surface area contributed by atoms with Crippen molar-refractivity contribution in [3.8, 4) is 11.5 Å². The molecule has 1 N–H and O–H groups in total. The number of nitrogens with one attached hydrogen (secondary N) is 1. The zero-order chi connectivity index (χ0) is 15.8. The Morgan fingerprint density at radius 3 is 2.91 bits per heavy atom. The van der Waals surface area contributed by atoms with Crippen molar-refractivity contribution in [1.82, 2.24) is 0 Å². The molecule has 0 saturated heterocycles. The number of halogens is 1. The van der Waals surface area contributed by atoms with E-state index in [1.54, 1.807) is 6.07 Å². The molecule has 4 rings (SSSR count). The third kappa shape index (κ3) is 2.76. The van der Waals surface area contributed by atoms with Gasteiger partial charge in [-0.25, -0.2) is 0 Å². The predicted molar refractivity (Wildman–Crippen MR) is 91.3 cm³/mol. The van der Waals surface area contributed by atoms with Gasteiger partial charge in [-0.15, -0.1) is 0 Å². The minimum Gasteiger partial charge on any atom is -0.486 e. The molecule has 4 nitrogen and oxygen atoms in total. The molecule has 0 amide bonds. The average Bonchev–Trinajstić information content (AvgIpc) is 2.73. The number of hydrogen-bond donors (Lipinski definition) is 1. The van der Waals surface area contributed by atoms with Crippen LogP contribution in [0.15, 0.2) is 36.4 Å². The van der Waals surface area contributed by atoms with Gasteiger partial charge in [0.05, 0.1) is 0 Å². The lowest BCUT2D eigenvalue weighted by atomic mass is 9.98. The second kappa shape index (κ2) is 6.00. The molecule has 1 unspecified atom stereocenters. The van der Waals surface area contributed by atoms with Gasteiger partial charge in [0, 0.05) is 21.8 Å². The fourth-order valence-corrected chi connectivity index (χ4v) is 3.06. The van der Waals surface area contributed by atoms with Gasteiger partial charge in [-0.2, -0.15) is 0 Å². The van der Waals surface area contributed by atoms with Crippen LogP contribution in [0.4, 0.5) is 5.69 Å². The maximum Gasteiger partial charge on any atom is 0.197 e. The topological polar surface area (TPSA) is 39.7 Å². The highest BCUT2D eigenvalue weighted by Crippen LogP contribution is 2.44. The molecular weight excluding hydrogens is 334 g/mol. The summed E-state index contributed by atoms with van der Waals surface area (Å²) in [5.41, 5.74) is 2.56. The standard InChI is InChI=1S/C17H12ClNO3S/c18-10-4-5-13-12(8-10)16(22-9-15(23)19-13)11-2-1-3-14-17(11)21-7-6-20-14/h1-5,8,16H,6-7H2,(H,19,23). The van der Waals surface area contributed by atoms with E-state index in [0.29, 0.717) is 34.7 Å². The summed E-state index contributed by atoms with van der Waals surface area (Å²) in [6.07, 6.45) is -0.437. The second-order valence-corrected chi connectivity index (χ2v) is 6.00. The highest BCUT2D eigenvalue weighted by molar-refractivity contribution is 7.80. The van der Waals surface area contributed by atoms with Gasteiger partial charge in [-0.1, -0.05) is 36.0 Å². The summed E-state index contributed by atoms with van der Waals surface area (Å²) < 4.78 is 17.3. The van der Waals surface area contributed by atoms with Crippen LogP contribution in [0, 0.1) is 6.61 Å². The van der Waals surface area contributed by atoms with Crippen LogP contribution in [-0.2, 0) is 4.74 Å². The normalized spacial score (nSPS) is 19.5. The predicted octanol–water partition coefficient (Wildman–Crippen LogP) is 4.01. The Kier molecular flexibility index (Phi) is 3.85. The van der Waals surface area contributed by atoms with E-state index in [0.717, 1.165) is 16.8 Å². The Morgan fingerprint density at radius 2 is 2.00 bits per heavy atom. The van der Waals surface area contributed by atoms with E-state index in [1.165, 1.54) is 0 Å². The molecule has 6 heteroatoms. The molecule has 2 aliphatic heterocycles. The van der Waals surface area contributed by atoms with Crippen molar-refractivity contribution < 1.29 is 14.2 Å². The van der Waals surface area contributed by atoms with E-state index in [4.69, 9.17) is 38.0 Å². The van der Waals surface area contributed by atoms with E-state index in [-0.39, 0.29) is 0 Å². The number of hydrogen-bond acceptors (Lipinski definition) is 4. The number of ether oxygens (including phenoxy) is 3. The molecular formula is C17H12ClNO3S. The maximum atomic E-state index is 6.17. The number of anilines is 1. The minimum atomic E-state index is -0.437. The van der Waals surface area contributed by atoms with E-state index in [9.17, 15) is 0 Å². The molecule has 0 saturated carbocycles. The highest BCUT2D eigenvalue weighted by atomic mass is 35.5. The summed E-state index contributed by atoms with van der Waals surface area (Å²) in [5, 5.41) is 3.71. The smallest absolute Gasteiger partial charge is 0.197 e. The first-order valence-corrected chi connectivity index (χ1v) is 7.91. The lowest BCUT2D eigenvalue weighted by molar-refractivity contribution is 0.140. The van der Waals surface area contributed by atoms with Crippen LogP contribution in [0.1, 0.15) is 17.2 Å². The Bertz CT molecular complexity index is 780. The van der Waals surface area contributed by atoms with Crippen LogP contribution in [0.5, 0.6) is 11.5 Å². The fourth-order valence-electron chi connectivity index (χ4n) is 2.72. The van der Waals surface area contributed by atoms with Gasteiger partial charge in [0.25, 0.3) is 0 Å². The summed E-state index contributed by atoms with van der Waals surface area (Å²) in [7, 11) is 0. The van der Waals surface area contributed by atoms with Gasteiger partial charge < -0.3 is 19.5 Å². The van der Waals surface area contributed by atoms with E-state index < -0.39 is 6.10 Å². The van der Waals surface area contributed by atoms with Crippen LogP contribution < -0.4 is 14.8 Å². The van der Waals surface area contributed by atoms with Gasteiger partial charge in [0.1, 0.15) is 24.3 Å². The highest BCUT2D eigenvalue weighted by Gasteiger charge is 2.29. The van der Waals surface area contributed by atoms with Crippen LogP contribution >= 0.6 is 23.8 Å². The molecule has 2 radical (unpaired) electrons. The Hall–Kier alpha value is -1.82. The molecule has 2 aromatic rings. The number of para-hydroxylation sites is 1. The SMILES string of the molecule is S=C1[C]OC(c2cccc3c2OCCO3)c2cc(Cl)ccc2N1. The van der Waals surface area contributed by atoms with E-state index in [2.05, 4.69) is 11.9 Å². The molecule has 0 fully saturated rings. The third-order valence-corrected chi connectivity index (χ3v) is 4.11. The van der Waals surface area contributed by atoms with Crippen molar-refractivity contribution in [1.29, 1.82) is 0 Å². The Morgan fingerprint density at radius 1 is 1.13 bits per heavy atom. The van der Waals surface area contributed by atoms with Crippen molar-refractivity contribution in [2.75, 3.05) is 18.5 Å². The molecule has 0 aliphatic carbocycles. The zero-order valence-electron chi connectivity index (χ0n) is 12.0. The summed E-state index contributed by atoms with van der Waals surface area (Å²) >= 11 is 11.4. The summed E-state index contributed by atoms with van der Waals surface area (Å²) in [4.78, 5) is 0.387. The first-order valence-electron chi connectivity index (χ1n) is 7.13. The van der Waals surface area contributed by atoms with Gasteiger partial charge in [-0.3, -0.25) is 0 Å². The molecule has 2 aromatic carbocycles. The quantitative estimate of drug-likeness (QED) is 0.791. The van der Waals surface area contributed by atoms with Crippen molar-refractivity contribution in [2.45, 2.75) is 6.10 Å². The van der Waals surface area contributed by atoms with Crippen LogP contribution in [0.25, 0.3) is 0 Å². The first-order chi connectivity index (χ1) is 11.2. The largest absolute Gasteiger partial charge is 0.486 e. The van der Waals surface area contributed by atoms with Crippen molar-refractivity contribution in [2.24, 2.45) is 0 Å². The van der Waals surface area contributed by atoms with E-state index in [1.807, 2.05) is 30.3 Å². The fraction of sp³-hybridized carbons (Fsp3) is 0.176. The van der Waals surface area contributed by atoms with E-state index >= 15 is 0 Å². The molecule has 2 heterocycles. The van der Waals surface area contributed by atoms with Gasteiger partial charge >= 0.3 is 0 Å². The van der Waals surface area contributed by atoms with Gasteiger partial charge in [0.2, 0.25) is 0 Å². The first kappa shape index (κ1) is 14.8. The van der Waals surface area contributed by atoms with Crippen molar-refractivity contribution >= 4 is 34.5 Å². The summed E-state index contributed by atoms with van der Waals surface area (Å²) in [6.45, 7) is 3.79.